The highest BCUT2D eigenvalue weighted by Crippen LogP contribution is 2.37. The number of rotatable bonds is 1. The number of aliphatic imine (C=N–C) groups is 1. The van der Waals surface area contributed by atoms with E-state index in [1.54, 1.807) is 0 Å². The van der Waals surface area contributed by atoms with Crippen molar-refractivity contribution in [2.24, 2.45) is 4.99 Å². The monoisotopic (exact) mass is 215 g/mol. The summed E-state index contributed by atoms with van der Waals surface area (Å²) in [7, 11) is 0. The first kappa shape index (κ1) is 9.88. The van der Waals surface area contributed by atoms with Gasteiger partial charge in [-0.15, -0.1) is 0 Å². The minimum Gasteiger partial charge on any atom is -0.475 e. The molecule has 1 heterocycles. The molecule has 0 saturated heterocycles. The zero-order chi connectivity index (χ0) is 11.0. The van der Waals surface area contributed by atoms with Crippen molar-refractivity contribution >= 4 is 5.90 Å². The molecule has 0 N–H and O–H groups in total. The molecule has 0 atom stereocenters. The maximum Gasteiger partial charge on any atom is 0.216 e. The third-order valence-corrected chi connectivity index (χ3v) is 3.65. The Kier molecular flexibility index (Phi) is 2.23. The Morgan fingerprint density at radius 1 is 1.12 bits per heavy atom. The maximum absolute atomic E-state index is 5.77. The minimum atomic E-state index is 0.125. The Balaban J connectivity index is 1.88. The fourth-order valence-corrected chi connectivity index (χ4v) is 2.62. The van der Waals surface area contributed by atoms with Crippen molar-refractivity contribution < 1.29 is 4.74 Å². The standard InChI is InChI=1S/C14H17NO/c1-11-4-6-12(7-5-11)13-15-14(10-16-13)8-2-3-9-14/h4-7H,2-3,8-10H2,1H3. The first-order chi connectivity index (χ1) is 7.77. The van der Waals surface area contributed by atoms with E-state index in [1.165, 1.54) is 31.2 Å². The molecule has 1 aliphatic carbocycles. The van der Waals surface area contributed by atoms with E-state index in [1.807, 2.05) is 0 Å². The van der Waals surface area contributed by atoms with Gasteiger partial charge in [-0.25, -0.2) is 4.99 Å². The quantitative estimate of drug-likeness (QED) is 0.705. The van der Waals surface area contributed by atoms with E-state index in [0.29, 0.717) is 0 Å². The van der Waals surface area contributed by atoms with Crippen LogP contribution in [0.3, 0.4) is 0 Å². The molecule has 84 valence electrons. The number of aryl methyl sites for hydroxylation is 1. The van der Waals surface area contributed by atoms with Crippen LogP contribution in [0.4, 0.5) is 0 Å². The van der Waals surface area contributed by atoms with Crippen molar-refractivity contribution in [1.29, 1.82) is 0 Å². The van der Waals surface area contributed by atoms with Gasteiger partial charge in [0.1, 0.15) is 6.61 Å². The largest absolute Gasteiger partial charge is 0.475 e. The molecule has 16 heavy (non-hydrogen) atoms. The molecule has 2 aliphatic rings. The minimum absolute atomic E-state index is 0.125. The van der Waals surface area contributed by atoms with E-state index >= 15 is 0 Å². The van der Waals surface area contributed by atoms with E-state index in [2.05, 4.69) is 31.2 Å². The van der Waals surface area contributed by atoms with Gasteiger partial charge in [0.15, 0.2) is 0 Å². The van der Waals surface area contributed by atoms with Gasteiger partial charge >= 0.3 is 0 Å². The number of ether oxygens (including phenoxy) is 1. The predicted molar refractivity (Wildman–Crippen MR) is 64.9 cm³/mol. The Hall–Kier alpha value is -1.31. The molecule has 1 aromatic rings. The molecule has 1 aromatic carbocycles. The summed E-state index contributed by atoms with van der Waals surface area (Å²) >= 11 is 0. The van der Waals surface area contributed by atoms with Gasteiger partial charge in [0, 0.05) is 5.56 Å². The second kappa shape index (κ2) is 3.62. The lowest BCUT2D eigenvalue weighted by Crippen LogP contribution is -2.22. The summed E-state index contributed by atoms with van der Waals surface area (Å²) in [6.07, 6.45) is 4.99. The molecule has 0 bridgehead atoms. The first-order valence-electron chi connectivity index (χ1n) is 6.07. The highest BCUT2D eigenvalue weighted by Gasteiger charge is 2.39. The lowest BCUT2D eigenvalue weighted by Gasteiger charge is -2.14. The molecule has 1 saturated carbocycles. The van der Waals surface area contributed by atoms with Gasteiger partial charge in [0.05, 0.1) is 5.54 Å². The van der Waals surface area contributed by atoms with Gasteiger partial charge in [-0.2, -0.15) is 0 Å². The molecule has 1 aliphatic heterocycles. The fourth-order valence-electron chi connectivity index (χ4n) is 2.62. The molecule has 0 unspecified atom stereocenters. The van der Waals surface area contributed by atoms with Gasteiger partial charge in [0.25, 0.3) is 0 Å². The highest BCUT2D eigenvalue weighted by molar-refractivity contribution is 5.95. The van der Waals surface area contributed by atoms with Crippen molar-refractivity contribution in [2.45, 2.75) is 38.1 Å². The fraction of sp³-hybridized carbons (Fsp3) is 0.500. The Labute approximate surface area is 96.3 Å². The number of nitrogens with zero attached hydrogens (tertiary/aromatic N) is 1. The predicted octanol–water partition coefficient (Wildman–Crippen LogP) is 3.08. The van der Waals surface area contributed by atoms with Gasteiger partial charge in [-0.1, -0.05) is 30.5 Å². The normalized spacial score (nSPS) is 22.2. The van der Waals surface area contributed by atoms with Crippen LogP contribution in [0.1, 0.15) is 36.8 Å². The molecular weight excluding hydrogens is 198 g/mol. The summed E-state index contributed by atoms with van der Waals surface area (Å²) in [5, 5.41) is 0. The van der Waals surface area contributed by atoms with Crippen LogP contribution in [0.5, 0.6) is 0 Å². The lowest BCUT2D eigenvalue weighted by molar-refractivity contribution is 0.258. The summed E-state index contributed by atoms with van der Waals surface area (Å²) < 4.78 is 5.77. The Bertz CT molecular complexity index is 413. The van der Waals surface area contributed by atoms with Crippen molar-refractivity contribution in [1.82, 2.24) is 0 Å². The molecule has 0 radical (unpaired) electrons. The summed E-state index contributed by atoms with van der Waals surface area (Å²) in [6, 6.07) is 8.42. The van der Waals surface area contributed by atoms with Gasteiger partial charge in [-0.05, 0) is 31.9 Å². The molecule has 2 heteroatoms. The van der Waals surface area contributed by atoms with E-state index < -0.39 is 0 Å². The summed E-state index contributed by atoms with van der Waals surface area (Å²) in [5.74, 6) is 0.849. The topological polar surface area (TPSA) is 21.6 Å². The van der Waals surface area contributed by atoms with Crippen molar-refractivity contribution in [2.75, 3.05) is 6.61 Å². The van der Waals surface area contributed by atoms with Crippen molar-refractivity contribution in [3.63, 3.8) is 0 Å². The molecular formula is C14H17NO. The number of hydrogen-bond acceptors (Lipinski definition) is 2. The number of benzene rings is 1. The van der Waals surface area contributed by atoms with Crippen molar-refractivity contribution in [3.05, 3.63) is 35.4 Å². The van der Waals surface area contributed by atoms with E-state index in [4.69, 9.17) is 9.73 Å². The van der Waals surface area contributed by atoms with Crippen molar-refractivity contribution in [3.8, 4) is 0 Å². The highest BCUT2D eigenvalue weighted by atomic mass is 16.5. The van der Waals surface area contributed by atoms with Gasteiger partial charge in [0.2, 0.25) is 5.90 Å². The van der Waals surface area contributed by atoms with Crippen LogP contribution in [-0.2, 0) is 4.74 Å². The van der Waals surface area contributed by atoms with Crippen LogP contribution in [0.15, 0.2) is 29.3 Å². The van der Waals surface area contributed by atoms with E-state index in [0.717, 1.165) is 18.1 Å². The number of hydrogen-bond donors (Lipinski definition) is 0. The third-order valence-electron chi connectivity index (χ3n) is 3.65. The average Bonchev–Trinajstić information content (AvgIpc) is 2.91. The van der Waals surface area contributed by atoms with Crippen LogP contribution in [0.25, 0.3) is 0 Å². The van der Waals surface area contributed by atoms with E-state index in [9.17, 15) is 0 Å². The maximum atomic E-state index is 5.77. The van der Waals surface area contributed by atoms with Crippen LogP contribution in [0.2, 0.25) is 0 Å². The smallest absolute Gasteiger partial charge is 0.216 e. The van der Waals surface area contributed by atoms with Gasteiger partial charge in [-0.3, -0.25) is 0 Å². The van der Waals surface area contributed by atoms with Crippen LogP contribution < -0.4 is 0 Å². The van der Waals surface area contributed by atoms with Crippen LogP contribution in [-0.4, -0.2) is 18.0 Å². The SMILES string of the molecule is Cc1ccc(C2=NC3(CCCC3)CO2)cc1. The lowest BCUT2D eigenvalue weighted by atomic mass is 10.0. The zero-order valence-electron chi connectivity index (χ0n) is 9.70. The molecule has 2 nitrogen and oxygen atoms in total. The third kappa shape index (κ3) is 1.62. The molecule has 1 spiro atoms. The average molecular weight is 215 g/mol. The Morgan fingerprint density at radius 3 is 2.50 bits per heavy atom. The van der Waals surface area contributed by atoms with E-state index in [-0.39, 0.29) is 5.54 Å². The summed E-state index contributed by atoms with van der Waals surface area (Å²) in [5.41, 5.74) is 2.52. The van der Waals surface area contributed by atoms with Crippen LogP contribution >= 0.6 is 0 Å². The molecule has 3 rings (SSSR count). The zero-order valence-corrected chi connectivity index (χ0v) is 9.70. The summed E-state index contributed by atoms with van der Waals surface area (Å²) in [4.78, 5) is 4.81. The molecule has 0 aromatic heterocycles. The molecule has 1 fully saturated rings. The summed E-state index contributed by atoms with van der Waals surface area (Å²) in [6.45, 7) is 2.88. The second-order valence-corrected chi connectivity index (χ2v) is 5.00. The van der Waals surface area contributed by atoms with Crippen LogP contribution in [0, 0.1) is 6.92 Å². The van der Waals surface area contributed by atoms with Gasteiger partial charge < -0.3 is 4.74 Å². The molecule has 0 amide bonds. The first-order valence-corrected chi connectivity index (χ1v) is 6.07. The second-order valence-electron chi connectivity index (χ2n) is 5.00. The Morgan fingerprint density at radius 2 is 1.81 bits per heavy atom.